The second-order valence-electron chi connectivity index (χ2n) is 4.25. The molecule has 4 nitrogen and oxygen atoms in total. The van der Waals surface area contributed by atoms with Crippen LogP contribution in [0.3, 0.4) is 0 Å². The molecule has 0 saturated heterocycles. The number of benzene rings is 1. The molecule has 1 unspecified atom stereocenters. The second-order valence-corrected chi connectivity index (χ2v) is 4.25. The number of nitrogens with zero attached hydrogens (tertiary/aromatic N) is 3. The van der Waals surface area contributed by atoms with Crippen molar-refractivity contribution in [3.05, 3.63) is 47.8 Å². The molecule has 2 rings (SSSR count). The summed E-state index contributed by atoms with van der Waals surface area (Å²) in [6.07, 6.45) is 3.57. The smallest absolute Gasteiger partial charge is 0.0692 e. The molecule has 0 aliphatic carbocycles. The first kappa shape index (κ1) is 11.8. The highest BCUT2D eigenvalue weighted by Gasteiger charge is 2.03. The molecule has 2 aromatic rings. The molecule has 90 valence electrons. The molecule has 17 heavy (non-hydrogen) atoms. The van der Waals surface area contributed by atoms with Crippen LogP contribution in [-0.2, 0) is 6.54 Å². The van der Waals surface area contributed by atoms with Gasteiger partial charge in [-0.15, -0.1) is 5.10 Å². The lowest BCUT2D eigenvalue weighted by molar-refractivity contribution is 0.499. The molecule has 0 saturated carbocycles. The van der Waals surface area contributed by atoms with Gasteiger partial charge in [-0.1, -0.05) is 35.0 Å². The van der Waals surface area contributed by atoms with Crippen LogP contribution in [0, 0.1) is 6.92 Å². The number of hydrogen-bond acceptors (Lipinski definition) is 3. The minimum atomic E-state index is 0.360. The minimum absolute atomic E-state index is 0.360. The van der Waals surface area contributed by atoms with Gasteiger partial charge in [-0.25, -0.2) is 0 Å². The zero-order valence-corrected chi connectivity index (χ0v) is 10.3. The Hall–Kier alpha value is -1.68. The lowest BCUT2D eigenvalue weighted by Crippen LogP contribution is -2.23. The van der Waals surface area contributed by atoms with E-state index < -0.39 is 0 Å². The molecule has 0 radical (unpaired) electrons. The van der Waals surface area contributed by atoms with E-state index in [2.05, 4.69) is 53.7 Å². The number of hydrogen-bond donors (Lipinski definition) is 1. The number of nitrogens with one attached hydrogen (secondary N) is 1. The predicted octanol–water partition coefficient (Wildman–Crippen LogP) is 1.94. The Morgan fingerprint density at radius 2 is 2.06 bits per heavy atom. The van der Waals surface area contributed by atoms with Gasteiger partial charge >= 0.3 is 0 Å². The predicted molar refractivity (Wildman–Crippen MR) is 67.6 cm³/mol. The molecule has 0 amide bonds. The Kier molecular flexibility index (Phi) is 3.88. The molecule has 0 bridgehead atoms. The van der Waals surface area contributed by atoms with Crippen LogP contribution < -0.4 is 5.32 Å². The number of rotatable bonds is 5. The summed E-state index contributed by atoms with van der Waals surface area (Å²) in [7, 11) is 0. The monoisotopic (exact) mass is 230 g/mol. The molecule has 1 aromatic carbocycles. The largest absolute Gasteiger partial charge is 0.308 e. The van der Waals surface area contributed by atoms with E-state index in [9.17, 15) is 0 Å². The summed E-state index contributed by atoms with van der Waals surface area (Å²) in [6, 6.07) is 8.99. The maximum Gasteiger partial charge on any atom is 0.0692 e. The molecule has 1 aromatic heterocycles. The number of aryl methyl sites for hydroxylation is 1. The van der Waals surface area contributed by atoms with Crippen LogP contribution in [-0.4, -0.2) is 21.5 Å². The van der Waals surface area contributed by atoms with Crippen molar-refractivity contribution in [2.75, 3.05) is 6.54 Å². The summed E-state index contributed by atoms with van der Waals surface area (Å²) in [6.45, 7) is 6.01. The fourth-order valence-electron chi connectivity index (χ4n) is 1.72. The zero-order chi connectivity index (χ0) is 12.1. The molecular weight excluding hydrogens is 212 g/mol. The third-order valence-electron chi connectivity index (χ3n) is 2.84. The average Bonchev–Trinajstić information content (AvgIpc) is 2.83. The lowest BCUT2D eigenvalue weighted by atomic mass is 10.1. The first-order chi connectivity index (χ1) is 8.25. The Bertz CT molecular complexity index is 433. The van der Waals surface area contributed by atoms with Crippen LogP contribution in [0.25, 0.3) is 0 Å². The summed E-state index contributed by atoms with van der Waals surface area (Å²) in [4.78, 5) is 0. The maximum atomic E-state index is 3.92. The van der Waals surface area contributed by atoms with Gasteiger partial charge in [0.2, 0.25) is 0 Å². The molecule has 1 heterocycles. The Labute approximate surface area is 102 Å². The molecule has 1 N–H and O–H groups in total. The van der Waals surface area contributed by atoms with Crippen molar-refractivity contribution in [1.29, 1.82) is 0 Å². The van der Waals surface area contributed by atoms with E-state index >= 15 is 0 Å². The highest BCUT2D eigenvalue weighted by atomic mass is 15.4. The van der Waals surface area contributed by atoms with E-state index in [1.165, 1.54) is 11.1 Å². The van der Waals surface area contributed by atoms with Crippen LogP contribution in [0.1, 0.15) is 24.1 Å². The van der Waals surface area contributed by atoms with Gasteiger partial charge in [0.15, 0.2) is 0 Å². The van der Waals surface area contributed by atoms with E-state index in [0.29, 0.717) is 6.04 Å². The summed E-state index contributed by atoms with van der Waals surface area (Å²) < 4.78 is 1.83. The molecule has 0 aliphatic rings. The Morgan fingerprint density at radius 1 is 1.29 bits per heavy atom. The Balaban J connectivity index is 1.81. The van der Waals surface area contributed by atoms with Crippen molar-refractivity contribution in [2.45, 2.75) is 26.4 Å². The molecule has 0 spiro atoms. The number of aromatic nitrogens is 3. The summed E-state index contributed by atoms with van der Waals surface area (Å²) in [5.41, 5.74) is 2.61. The summed E-state index contributed by atoms with van der Waals surface area (Å²) >= 11 is 0. The van der Waals surface area contributed by atoms with E-state index in [1.807, 2.05) is 10.9 Å². The van der Waals surface area contributed by atoms with E-state index in [1.54, 1.807) is 6.20 Å². The van der Waals surface area contributed by atoms with Gasteiger partial charge in [0.25, 0.3) is 0 Å². The maximum absolute atomic E-state index is 3.92. The molecule has 4 heteroatoms. The standard InChI is InChI=1S/C13H18N4/c1-11-3-5-13(6-4-11)12(2)14-7-9-17-10-8-15-16-17/h3-6,8,10,12,14H,7,9H2,1-2H3. The quantitative estimate of drug-likeness (QED) is 0.853. The third kappa shape index (κ3) is 3.39. The van der Waals surface area contributed by atoms with Gasteiger partial charge in [-0.3, -0.25) is 4.68 Å². The fourth-order valence-corrected chi connectivity index (χ4v) is 1.72. The van der Waals surface area contributed by atoms with Crippen molar-refractivity contribution < 1.29 is 0 Å². The first-order valence-corrected chi connectivity index (χ1v) is 5.90. The summed E-state index contributed by atoms with van der Waals surface area (Å²) in [5.74, 6) is 0. The summed E-state index contributed by atoms with van der Waals surface area (Å²) in [5, 5.41) is 11.2. The molecular formula is C13H18N4. The topological polar surface area (TPSA) is 42.7 Å². The highest BCUT2D eigenvalue weighted by Crippen LogP contribution is 2.12. The van der Waals surface area contributed by atoms with Crippen molar-refractivity contribution >= 4 is 0 Å². The molecule has 1 atom stereocenters. The van der Waals surface area contributed by atoms with Gasteiger partial charge in [-0.2, -0.15) is 0 Å². The van der Waals surface area contributed by atoms with Crippen LogP contribution in [0.15, 0.2) is 36.7 Å². The van der Waals surface area contributed by atoms with Crippen molar-refractivity contribution in [3.63, 3.8) is 0 Å². The second kappa shape index (κ2) is 5.59. The van der Waals surface area contributed by atoms with Crippen LogP contribution in [0.4, 0.5) is 0 Å². The first-order valence-electron chi connectivity index (χ1n) is 5.90. The van der Waals surface area contributed by atoms with Gasteiger partial charge in [0.05, 0.1) is 12.7 Å². The fraction of sp³-hybridized carbons (Fsp3) is 0.385. The molecule has 0 aliphatic heterocycles. The van der Waals surface area contributed by atoms with Gasteiger partial charge in [0, 0.05) is 18.8 Å². The van der Waals surface area contributed by atoms with Crippen molar-refractivity contribution in [2.24, 2.45) is 0 Å². The van der Waals surface area contributed by atoms with Gasteiger partial charge in [-0.05, 0) is 19.4 Å². The third-order valence-corrected chi connectivity index (χ3v) is 2.84. The van der Waals surface area contributed by atoms with Crippen LogP contribution in [0.5, 0.6) is 0 Å². The lowest BCUT2D eigenvalue weighted by Gasteiger charge is -2.14. The van der Waals surface area contributed by atoms with E-state index in [4.69, 9.17) is 0 Å². The SMILES string of the molecule is Cc1ccc(C(C)NCCn2ccnn2)cc1. The minimum Gasteiger partial charge on any atom is -0.308 e. The van der Waals surface area contributed by atoms with Gasteiger partial charge in [0.1, 0.15) is 0 Å². The van der Waals surface area contributed by atoms with Crippen LogP contribution in [0.2, 0.25) is 0 Å². The Morgan fingerprint density at radius 3 is 2.71 bits per heavy atom. The average molecular weight is 230 g/mol. The van der Waals surface area contributed by atoms with Gasteiger partial charge < -0.3 is 5.32 Å². The normalized spacial score (nSPS) is 12.6. The van der Waals surface area contributed by atoms with Crippen molar-refractivity contribution in [1.82, 2.24) is 20.3 Å². The van der Waals surface area contributed by atoms with E-state index in [-0.39, 0.29) is 0 Å². The molecule has 0 fully saturated rings. The zero-order valence-electron chi connectivity index (χ0n) is 10.3. The van der Waals surface area contributed by atoms with Crippen molar-refractivity contribution in [3.8, 4) is 0 Å². The van der Waals surface area contributed by atoms with Crippen LogP contribution >= 0.6 is 0 Å². The van der Waals surface area contributed by atoms with E-state index in [0.717, 1.165) is 13.1 Å². The highest BCUT2D eigenvalue weighted by molar-refractivity contribution is 5.23.